The van der Waals surface area contributed by atoms with Gasteiger partial charge in [-0.2, -0.15) is 10.4 Å². The number of carbonyl (C=O) groups is 2. The van der Waals surface area contributed by atoms with E-state index in [2.05, 4.69) is 30.8 Å². The van der Waals surface area contributed by atoms with Gasteiger partial charge in [0, 0.05) is 17.1 Å². The summed E-state index contributed by atoms with van der Waals surface area (Å²) in [6, 6.07) is 0.383. The predicted molar refractivity (Wildman–Crippen MR) is 124 cm³/mol. The molecule has 0 radical (unpaired) electrons. The van der Waals surface area contributed by atoms with Crippen molar-refractivity contribution in [1.82, 2.24) is 29.9 Å². The second-order valence-corrected chi connectivity index (χ2v) is 9.39. The van der Waals surface area contributed by atoms with Gasteiger partial charge in [-0.25, -0.2) is 18.2 Å². The first kappa shape index (κ1) is 23.2. The Bertz CT molecular complexity index is 1650. The highest BCUT2D eigenvalue weighted by Gasteiger charge is 2.45. The Morgan fingerprint density at radius 1 is 1.19 bits per heavy atom. The summed E-state index contributed by atoms with van der Waals surface area (Å²) in [4.78, 5) is 32.8. The number of fused-ring (bicyclic) bond motifs is 2. The number of imidazole rings is 1. The fourth-order valence-electron chi connectivity index (χ4n) is 4.25. The number of nitrogens with one attached hydrogen (secondary N) is 3. The van der Waals surface area contributed by atoms with E-state index in [-0.39, 0.29) is 46.0 Å². The molecular weight excluding hydrogens is 513 g/mol. The third-order valence-corrected chi connectivity index (χ3v) is 6.83. The van der Waals surface area contributed by atoms with Crippen molar-refractivity contribution in [3.05, 3.63) is 41.2 Å². The summed E-state index contributed by atoms with van der Waals surface area (Å²) in [5.74, 6) is -3.48. The average molecular weight is 529 g/mol. The molecule has 0 bridgehead atoms. The van der Waals surface area contributed by atoms with Gasteiger partial charge in [-0.05, 0) is 12.8 Å². The SMILES string of the molecule is N#CC(NC(=O)C1CC1F)c1c(F)c(Cl)c(-c2cn3cc(NC(=O)[C@@H]4C[C@@H]4F)nc3cn2)c2cn[nH]c12. The molecule has 0 aliphatic heterocycles. The highest BCUT2D eigenvalue weighted by Crippen LogP contribution is 2.41. The number of anilines is 1. The molecule has 14 heteroatoms. The molecule has 3 unspecified atom stereocenters. The minimum absolute atomic E-state index is 0.0520. The molecule has 2 fully saturated rings. The van der Waals surface area contributed by atoms with Crippen LogP contribution in [-0.4, -0.2) is 48.7 Å². The number of rotatable bonds is 6. The van der Waals surface area contributed by atoms with Crippen LogP contribution in [0.3, 0.4) is 0 Å². The number of benzene rings is 1. The van der Waals surface area contributed by atoms with Crippen molar-refractivity contribution in [2.75, 3.05) is 5.32 Å². The van der Waals surface area contributed by atoms with Crippen LogP contribution in [0, 0.1) is 29.0 Å². The molecule has 2 aliphatic carbocycles. The zero-order valence-corrected chi connectivity index (χ0v) is 19.4. The van der Waals surface area contributed by atoms with Gasteiger partial charge in [0.1, 0.15) is 18.4 Å². The number of carbonyl (C=O) groups excluding carboxylic acids is 2. The lowest BCUT2D eigenvalue weighted by molar-refractivity contribution is -0.123. The smallest absolute Gasteiger partial charge is 0.231 e. The topological polar surface area (TPSA) is 141 Å². The number of hydrogen-bond donors (Lipinski definition) is 3. The van der Waals surface area contributed by atoms with E-state index in [1.54, 1.807) is 0 Å². The van der Waals surface area contributed by atoms with Crippen LogP contribution in [0.5, 0.6) is 0 Å². The van der Waals surface area contributed by atoms with Crippen molar-refractivity contribution in [2.45, 2.75) is 31.2 Å². The van der Waals surface area contributed by atoms with E-state index < -0.39 is 47.9 Å². The third-order valence-electron chi connectivity index (χ3n) is 6.48. The van der Waals surface area contributed by atoms with Crippen LogP contribution in [0.25, 0.3) is 27.8 Å². The Labute approximate surface area is 210 Å². The van der Waals surface area contributed by atoms with Gasteiger partial charge >= 0.3 is 0 Å². The van der Waals surface area contributed by atoms with Crippen molar-refractivity contribution in [3.63, 3.8) is 0 Å². The zero-order chi connectivity index (χ0) is 26.0. The zero-order valence-electron chi connectivity index (χ0n) is 18.7. The number of H-pyrrole nitrogens is 1. The standard InChI is InChI=1S/C23H16ClF3N8O2/c24-19-17(14-6-35-7-15(32-16(35)5-29-14)33-23(37)9-2-12(9)26)10-4-30-34-21(10)18(20(19)27)13(3-28)31-22(36)8-1-11(8)25/h4-9,11-13H,1-2H2,(H,30,34)(H,31,36)(H,33,37)/t8?,9-,11?,12+,13?/m1/s1. The first-order valence-electron chi connectivity index (χ1n) is 11.2. The molecule has 37 heavy (non-hydrogen) atoms. The maximum Gasteiger partial charge on any atom is 0.231 e. The minimum atomic E-state index is -1.44. The van der Waals surface area contributed by atoms with Crippen LogP contribution >= 0.6 is 11.6 Å². The van der Waals surface area contributed by atoms with Gasteiger partial charge in [0.15, 0.2) is 17.3 Å². The molecule has 1 aromatic carbocycles. The normalized spacial score (nSPS) is 23.0. The number of nitriles is 1. The van der Waals surface area contributed by atoms with Crippen LogP contribution in [0.2, 0.25) is 5.02 Å². The molecule has 2 aliphatic rings. The highest BCUT2D eigenvalue weighted by atomic mass is 35.5. The van der Waals surface area contributed by atoms with Gasteiger partial charge in [-0.3, -0.25) is 19.7 Å². The van der Waals surface area contributed by atoms with Crippen molar-refractivity contribution in [2.24, 2.45) is 11.8 Å². The summed E-state index contributed by atoms with van der Waals surface area (Å²) in [5, 5.41) is 21.1. The Balaban J connectivity index is 1.38. The average Bonchev–Trinajstić information content (AvgIpc) is 3.67. The van der Waals surface area contributed by atoms with Crippen LogP contribution in [0.1, 0.15) is 24.4 Å². The molecule has 3 N–H and O–H groups in total. The summed E-state index contributed by atoms with van der Waals surface area (Å²) in [7, 11) is 0. The third kappa shape index (κ3) is 3.93. The fraction of sp³-hybridized carbons (Fsp3) is 0.304. The Morgan fingerprint density at radius 2 is 1.89 bits per heavy atom. The maximum absolute atomic E-state index is 15.6. The number of hydrogen-bond acceptors (Lipinski definition) is 6. The van der Waals surface area contributed by atoms with Gasteiger partial charge in [-0.15, -0.1) is 0 Å². The lowest BCUT2D eigenvalue weighted by Gasteiger charge is -2.17. The van der Waals surface area contributed by atoms with Crippen molar-refractivity contribution < 1.29 is 22.8 Å². The monoisotopic (exact) mass is 528 g/mol. The highest BCUT2D eigenvalue weighted by molar-refractivity contribution is 6.35. The second-order valence-electron chi connectivity index (χ2n) is 9.02. The van der Waals surface area contributed by atoms with E-state index >= 15 is 4.39 Å². The van der Waals surface area contributed by atoms with E-state index in [1.807, 2.05) is 6.07 Å². The molecule has 5 atom stereocenters. The molecule has 0 spiro atoms. The van der Waals surface area contributed by atoms with Gasteiger partial charge < -0.3 is 15.0 Å². The number of alkyl halides is 2. The molecule has 0 saturated heterocycles. The van der Waals surface area contributed by atoms with Crippen LogP contribution in [-0.2, 0) is 9.59 Å². The fourth-order valence-corrected chi connectivity index (χ4v) is 4.56. The van der Waals surface area contributed by atoms with Gasteiger partial charge in [-0.1, -0.05) is 11.6 Å². The summed E-state index contributed by atoms with van der Waals surface area (Å²) in [6.45, 7) is 0. The van der Waals surface area contributed by atoms with E-state index in [0.717, 1.165) is 0 Å². The number of aromatic amines is 1. The Kier molecular flexibility index (Phi) is 5.30. The van der Waals surface area contributed by atoms with Gasteiger partial charge in [0.05, 0.1) is 58.3 Å². The number of aromatic nitrogens is 5. The van der Waals surface area contributed by atoms with Crippen molar-refractivity contribution in [1.29, 1.82) is 5.26 Å². The van der Waals surface area contributed by atoms with Gasteiger partial charge in [0.25, 0.3) is 0 Å². The Hall–Kier alpha value is -4.18. The molecule has 3 heterocycles. The maximum atomic E-state index is 15.6. The molecule has 3 aromatic heterocycles. The van der Waals surface area contributed by atoms with Crippen molar-refractivity contribution >= 4 is 45.8 Å². The summed E-state index contributed by atoms with van der Waals surface area (Å²) in [5.41, 5.74) is 0.642. The van der Waals surface area contributed by atoms with Crippen LogP contribution < -0.4 is 10.6 Å². The van der Waals surface area contributed by atoms with Crippen molar-refractivity contribution in [3.8, 4) is 17.3 Å². The quantitative estimate of drug-likeness (QED) is 0.350. The molecule has 4 aromatic rings. The molecule has 188 valence electrons. The minimum Gasteiger partial charge on any atom is -0.336 e. The van der Waals surface area contributed by atoms with E-state index in [1.165, 1.54) is 29.2 Å². The predicted octanol–water partition coefficient (Wildman–Crippen LogP) is 3.40. The molecule has 6 rings (SSSR count). The number of amides is 2. The lowest BCUT2D eigenvalue weighted by atomic mass is 9.98. The molecule has 2 saturated carbocycles. The van der Waals surface area contributed by atoms with Gasteiger partial charge in [0.2, 0.25) is 11.8 Å². The van der Waals surface area contributed by atoms with E-state index in [0.29, 0.717) is 11.0 Å². The first-order valence-corrected chi connectivity index (χ1v) is 11.6. The lowest BCUT2D eigenvalue weighted by Crippen LogP contribution is -2.30. The summed E-state index contributed by atoms with van der Waals surface area (Å²) in [6.07, 6.45) is 3.57. The van der Waals surface area contributed by atoms with E-state index in [9.17, 15) is 23.6 Å². The number of nitrogens with zero attached hydrogens (tertiary/aromatic N) is 5. The largest absolute Gasteiger partial charge is 0.336 e. The van der Waals surface area contributed by atoms with E-state index in [4.69, 9.17) is 11.6 Å². The summed E-state index contributed by atoms with van der Waals surface area (Å²) < 4.78 is 43.6. The first-order chi connectivity index (χ1) is 17.8. The molecular formula is C23H16ClF3N8O2. The van der Waals surface area contributed by atoms with Crippen LogP contribution in [0.4, 0.5) is 19.0 Å². The molecule has 10 nitrogen and oxygen atoms in total. The Morgan fingerprint density at radius 3 is 2.57 bits per heavy atom. The molecule has 2 amide bonds. The summed E-state index contributed by atoms with van der Waals surface area (Å²) >= 11 is 6.43. The van der Waals surface area contributed by atoms with Crippen LogP contribution in [0.15, 0.2) is 24.8 Å². The second kappa shape index (κ2) is 8.45. The number of halogens is 4.